The Bertz CT molecular complexity index is 770. The van der Waals surface area contributed by atoms with Gasteiger partial charge in [-0.2, -0.15) is 0 Å². The van der Waals surface area contributed by atoms with E-state index in [1.165, 1.54) is 29.5 Å². The van der Waals surface area contributed by atoms with Crippen molar-refractivity contribution < 1.29 is 9.72 Å². The molecular weight excluding hydrogens is 334 g/mol. The summed E-state index contributed by atoms with van der Waals surface area (Å²) in [6, 6.07) is 8.14. The molecule has 0 aliphatic rings. The van der Waals surface area contributed by atoms with Crippen LogP contribution in [0.4, 0.5) is 11.4 Å². The molecule has 0 radical (unpaired) electrons. The summed E-state index contributed by atoms with van der Waals surface area (Å²) in [6.07, 6.45) is 3.09. The van der Waals surface area contributed by atoms with Crippen molar-refractivity contribution in [2.45, 2.75) is 6.92 Å². The fourth-order valence-electron chi connectivity index (χ4n) is 1.75. The van der Waals surface area contributed by atoms with Gasteiger partial charge in [0, 0.05) is 28.8 Å². The molecule has 1 aromatic heterocycles. The number of anilines is 1. The smallest absolute Gasteiger partial charge is 0.269 e. The number of carbonyl (C=O) groups is 1. The molecule has 1 heterocycles. The van der Waals surface area contributed by atoms with E-state index in [1.807, 2.05) is 17.5 Å². The second-order valence-electron chi connectivity index (χ2n) is 4.55. The topological polar surface area (TPSA) is 84.3 Å². The summed E-state index contributed by atoms with van der Waals surface area (Å²) in [5.41, 5.74) is 1.26. The number of nitrogens with one attached hydrogen (secondary N) is 2. The van der Waals surface area contributed by atoms with E-state index in [0.29, 0.717) is 11.3 Å². The number of nitro groups is 1. The van der Waals surface area contributed by atoms with E-state index in [-0.39, 0.29) is 16.7 Å². The van der Waals surface area contributed by atoms with E-state index in [0.717, 1.165) is 4.88 Å². The number of thiophene rings is 1. The van der Waals surface area contributed by atoms with Gasteiger partial charge in [0.1, 0.15) is 0 Å². The molecule has 2 rings (SSSR count). The first-order valence-electron chi connectivity index (χ1n) is 6.54. The molecule has 6 nitrogen and oxygen atoms in total. The Balaban J connectivity index is 1.94. The first kappa shape index (κ1) is 16.8. The van der Waals surface area contributed by atoms with Crippen LogP contribution in [0.15, 0.2) is 41.8 Å². The monoisotopic (exact) mass is 347 g/mol. The number of nitro benzene ring substituents is 1. The van der Waals surface area contributed by atoms with Crippen LogP contribution in [0.3, 0.4) is 0 Å². The van der Waals surface area contributed by atoms with Crippen molar-refractivity contribution in [1.82, 2.24) is 5.32 Å². The van der Waals surface area contributed by atoms with Gasteiger partial charge in [-0.1, -0.05) is 6.07 Å². The van der Waals surface area contributed by atoms with E-state index < -0.39 is 4.92 Å². The van der Waals surface area contributed by atoms with E-state index in [4.69, 9.17) is 12.2 Å². The van der Waals surface area contributed by atoms with Crippen LogP contribution >= 0.6 is 23.6 Å². The molecule has 2 aromatic rings. The van der Waals surface area contributed by atoms with Crippen molar-refractivity contribution in [3.8, 4) is 0 Å². The lowest BCUT2D eigenvalue weighted by molar-refractivity contribution is -0.384. The van der Waals surface area contributed by atoms with E-state index in [9.17, 15) is 14.9 Å². The molecule has 0 bridgehead atoms. The zero-order valence-electron chi connectivity index (χ0n) is 12.1. The summed E-state index contributed by atoms with van der Waals surface area (Å²) >= 11 is 6.58. The molecule has 0 saturated heterocycles. The second-order valence-corrected chi connectivity index (χ2v) is 5.94. The van der Waals surface area contributed by atoms with E-state index >= 15 is 0 Å². The van der Waals surface area contributed by atoms with Gasteiger partial charge < -0.3 is 5.32 Å². The lowest BCUT2D eigenvalue weighted by Crippen LogP contribution is -2.33. The highest BCUT2D eigenvalue weighted by atomic mass is 32.1. The number of hydrogen-bond acceptors (Lipinski definition) is 5. The van der Waals surface area contributed by atoms with Crippen LogP contribution in [0.25, 0.3) is 6.08 Å². The van der Waals surface area contributed by atoms with Gasteiger partial charge in [-0.3, -0.25) is 20.2 Å². The van der Waals surface area contributed by atoms with Crippen molar-refractivity contribution in [1.29, 1.82) is 0 Å². The highest BCUT2D eigenvalue weighted by molar-refractivity contribution is 7.80. The normalized spacial score (nSPS) is 10.5. The summed E-state index contributed by atoms with van der Waals surface area (Å²) in [5, 5.41) is 18.1. The van der Waals surface area contributed by atoms with Gasteiger partial charge >= 0.3 is 0 Å². The largest absolute Gasteiger partial charge is 0.332 e. The molecule has 2 N–H and O–H groups in total. The Morgan fingerprint density at radius 1 is 1.39 bits per heavy atom. The molecule has 0 atom stereocenters. The number of rotatable bonds is 4. The fraction of sp³-hybridized carbons (Fsp3) is 0.0667. The number of nitrogens with zero attached hydrogens (tertiary/aromatic N) is 1. The maximum absolute atomic E-state index is 11.8. The lowest BCUT2D eigenvalue weighted by Gasteiger charge is -2.10. The number of aryl methyl sites for hydroxylation is 1. The van der Waals surface area contributed by atoms with Crippen molar-refractivity contribution in [3.63, 3.8) is 0 Å². The molecular formula is C15H13N3O3S2. The number of thiocarbonyl (C=S) groups is 1. The molecule has 8 heteroatoms. The first-order chi connectivity index (χ1) is 11.0. The third-order valence-corrected chi connectivity index (χ3v) is 3.89. The SMILES string of the molecule is Cc1cc([N+](=O)[O-])ccc1NC(=S)NC(=O)C=Cc1cccs1. The summed E-state index contributed by atoms with van der Waals surface area (Å²) in [5.74, 6) is -0.351. The third kappa shape index (κ3) is 4.97. The molecule has 0 fully saturated rings. The van der Waals surface area contributed by atoms with Gasteiger partial charge in [0.05, 0.1) is 4.92 Å². The van der Waals surface area contributed by atoms with Crippen LogP contribution in [-0.2, 0) is 4.79 Å². The highest BCUT2D eigenvalue weighted by Crippen LogP contribution is 2.21. The molecule has 0 spiro atoms. The van der Waals surface area contributed by atoms with E-state index in [1.54, 1.807) is 19.1 Å². The number of benzene rings is 1. The first-order valence-corrected chi connectivity index (χ1v) is 7.83. The van der Waals surface area contributed by atoms with Gasteiger partial charge in [-0.05, 0) is 48.3 Å². The van der Waals surface area contributed by atoms with Crippen LogP contribution < -0.4 is 10.6 Å². The lowest BCUT2D eigenvalue weighted by atomic mass is 10.2. The van der Waals surface area contributed by atoms with Crippen LogP contribution in [0.2, 0.25) is 0 Å². The van der Waals surface area contributed by atoms with Crippen LogP contribution in [0, 0.1) is 17.0 Å². The third-order valence-electron chi connectivity index (χ3n) is 2.85. The molecule has 0 aliphatic carbocycles. The second kappa shape index (κ2) is 7.61. The van der Waals surface area contributed by atoms with Gasteiger partial charge in [0.15, 0.2) is 5.11 Å². The summed E-state index contributed by atoms with van der Waals surface area (Å²) in [6.45, 7) is 1.72. The molecule has 0 saturated carbocycles. The van der Waals surface area contributed by atoms with Crippen LogP contribution in [0.5, 0.6) is 0 Å². The molecule has 118 valence electrons. The maximum Gasteiger partial charge on any atom is 0.269 e. The summed E-state index contributed by atoms with van der Waals surface area (Å²) in [4.78, 5) is 23.0. The number of hydrogen-bond donors (Lipinski definition) is 2. The Kier molecular flexibility index (Phi) is 5.56. The fourth-order valence-corrected chi connectivity index (χ4v) is 2.58. The minimum absolute atomic E-state index is 0.00175. The van der Waals surface area contributed by atoms with Crippen molar-refractivity contribution >= 4 is 52.0 Å². The average Bonchev–Trinajstić information content (AvgIpc) is 3.00. The standard InChI is InChI=1S/C15H13N3O3S2/c1-10-9-11(18(20)21)4-6-13(10)16-15(22)17-14(19)7-5-12-3-2-8-23-12/h2-9H,1H3,(H2,16,17,19,22). The predicted molar refractivity (Wildman–Crippen MR) is 95.5 cm³/mol. The zero-order valence-corrected chi connectivity index (χ0v) is 13.7. The Morgan fingerprint density at radius 3 is 2.78 bits per heavy atom. The summed E-state index contributed by atoms with van der Waals surface area (Å²) in [7, 11) is 0. The maximum atomic E-state index is 11.8. The number of non-ortho nitro benzene ring substituents is 1. The minimum Gasteiger partial charge on any atom is -0.332 e. The number of amides is 1. The predicted octanol–water partition coefficient (Wildman–Crippen LogP) is 3.49. The van der Waals surface area contributed by atoms with Crippen LogP contribution in [0.1, 0.15) is 10.4 Å². The molecule has 0 unspecified atom stereocenters. The Hall–Kier alpha value is -2.58. The molecule has 1 amide bonds. The van der Waals surface area contributed by atoms with Crippen molar-refractivity contribution in [3.05, 3.63) is 62.3 Å². The highest BCUT2D eigenvalue weighted by Gasteiger charge is 2.09. The van der Waals surface area contributed by atoms with Gasteiger partial charge in [0.25, 0.3) is 5.69 Å². The van der Waals surface area contributed by atoms with Gasteiger partial charge in [0.2, 0.25) is 5.91 Å². The Labute approximate surface area is 142 Å². The zero-order chi connectivity index (χ0) is 16.8. The minimum atomic E-state index is -0.466. The van der Waals surface area contributed by atoms with E-state index in [2.05, 4.69) is 10.6 Å². The average molecular weight is 347 g/mol. The molecule has 23 heavy (non-hydrogen) atoms. The van der Waals surface area contributed by atoms with Crippen molar-refractivity contribution in [2.75, 3.05) is 5.32 Å². The number of carbonyl (C=O) groups excluding carboxylic acids is 1. The molecule has 0 aliphatic heterocycles. The molecule has 1 aromatic carbocycles. The van der Waals surface area contributed by atoms with Gasteiger partial charge in [-0.15, -0.1) is 11.3 Å². The van der Waals surface area contributed by atoms with Crippen LogP contribution in [-0.4, -0.2) is 15.9 Å². The summed E-state index contributed by atoms with van der Waals surface area (Å²) < 4.78 is 0. The quantitative estimate of drug-likeness (QED) is 0.383. The Morgan fingerprint density at radius 2 is 2.17 bits per heavy atom. The van der Waals surface area contributed by atoms with Crippen molar-refractivity contribution in [2.24, 2.45) is 0 Å². The van der Waals surface area contributed by atoms with Gasteiger partial charge in [-0.25, -0.2) is 0 Å².